The Kier molecular flexibility index (Phi) is 5.54. The highest BCUT2D eigenvalue weighted by molar-refractivity contribution is 6.85. The Labute approximate surface area is 111 Å². The van der Waals surface area contributed by atoms with Gasteiger partial charge in [-0.1, -0.05) is 44.2 Å². The van der Waals surface area contributed by atoms with Crippen molar-refractivity contribution < 1.29 is 22.7 Å². The lowest BCUT2D eigenvalue weighted by molar-refractivity contribution is -0.0926. The predicted octanol–water partition coefficient (Wildman–Crippen LogP) is 1.75. The zero-order valence-electron chi connectivity index (χ0n) is 10.9. The molecule has 0 radical (unpaired) electrons. The summed E-state index contributed by atoms with van der Waals surface area (Å²) in [5.41, 5.74) is 0. The summed E-state index contributed by atoms with van der Waals surface area (Å²) in [7, 11) is -4.42. The summed E-state index contributed by atoms with van der Waals surface area (Å²) < 4.78 is 47.2. The number of aliphatic hydroxyl groups is 1. The van der Waals surface area contributed by atoms with E-state index in [0.717, 1.165) is 0 Å². The molecule has 1 aromatic rings. The van der Waals surface area contributed by atoms with Gasteiger partial charge in [-0.05, 0) is 18.3 Å². The van der Waals surface area contributed by atoms with Crippen molar-refractivity contribution in [2.75, 3.05) is 19.9 Å². The maximum Gasteiger partial charge on any atom is 0.427 e. The molecule has 0 aromatic heterocycles. The van der Waals surface area contributed by atoms with Gasteiger partial charge in [0.25, 0.3) is 0 Å². The highest BCUT2D eigenvalue weighted by atomic mass is 28.4. The number of alkyl halides is 3. The minimum absolute atomic E-state index is 0.0975. The highest BCUT2D eigenvalue weighted by Gasteiger charge is 2.65. The number of hydrogen-bond acceptors (Lipinski definition) is 3. The maximum absolute atomic E-state index is 13.7. The largest absolute Gasteiger partial charge is 0.427 e. The van der Waals surface area contributed by atoms with Gasteiger partial charge < -0.3 is 9.53 Å². The molecular weight excluding hydrogens is 275 g/mol. The molecule has 1 rings (SSSR count). The normalized spacial score (nSPS) is 15.5. The molecular formula is C12H18F3NO2Si. The van der Waals surface area contributed by atoms with Gasteiger partial charge in [-0.2, -0.15) is 13.2 Å². The SMILES string of the molecule is CCN(CC)[Si](OCO)(c1ccccc1)C(F)(F)F. The predicted molar refractivity (Wildman–Crippen MR) is 69.0 cm³/mol. The van der Waals surface area contributed by atoms with Crippen LogP contribution in [-0.4, -0.2) is 43.8 Å². The van der Waals surface area contributed by atoms with Crippen molar-refractivity contribution >= 4 is 13.7 Å². The van der Waals surface area contributed by atoms with Crippen LogP contribution in [0, 0.1) is 0 Å². The van der Waals surface area contributed by atoms with E-state index in [1.807, 2.05) is 0 Å². The Balaban J connectivity index is 3.44. The fraction of sp³-hybridized carbons (Fsp3) is 0.500. The number of halogens is 3. The monoisotopic (exact) mass is 293 g/mol. The topological polar surface area (TPSA) is 32.7 Å². The molecule has 0 aliphatic rings. The molecule has 1 aromatic carbocycles. The van der Waals surface area contributed by atoms with Crippen LogP contribution in [-0.2, 0) is 4.43 Å². The average molecular weight is 293 g/mol. The summed E-state index contributed by atoms with van der Waals surface area (Å²) in [6, 6.07) is 7.57. The second-order valence-corrected chi connectivity index (χ2v) is 7.31. The minimum Gasteiger partial charge on any atom is -0.372 e. The first kappa shape index (κ1) is 16.2. The molecule has 0 fully saturated rings. The van der Waals surface area contributed by atoms with Gasteiger partial charge >= 0.3 is 14.3 Å². The summed E-state index contributed by atoms with van der Waals surface area (Å²) >= 11 is 0. The molecule has 0 saturated carbocycles. The van der Waals surface area contributed by atoms with Gasteiger partial charge in [0.1, 0.15) is 6.79 Å². The van der Waals surface area contributed by atoms with Crippen LogP contribution in [0.25, 0.3) is 0 Å². The lowest BCUT2D eigenvalue weighted by Crippen LogP contribution is -2.73. The Morgan fingerprint density at radius 3 is 2.05 bits per heavy atom. The van der Waals surface area contributed by atoms with E-state index in [4.69, 9.17) is 9.53 Å². The van der Waals surface area contributed by atoms with Crippen LogP contribution in [0.15, 0.2) is 30.3 Å². The van der Waals surface area contributed by atoms with E-state index in [2.05, 4.69) is 0 Å². The molecule has 3 nitrogen and oxygen atoms in total. The van der Waals surface area contributed by atoms with Crippen molar-refractivity contribution in [3.63, 3.8) is 0 Å². The van der Waals surface area contributed by atoms with Crippen LogP contribution < -0.4 is 5.19 Å². The summed E-state index contributed by atoms with van der Waals surface area (Å²) in [5, 5.41) is 9.05. The number of rotatable bonds is 6. The lowest BCUT2D eigenvalue weighted by atomic mass is 10.4. The Morgan fingerprint density at radius 2 is 1.68 bits per heavy atom. The molecule has 0 spiro atoms. The molecule has 0 aliphatic heterocycles. The number of nitrogens with zero attached hydrogens (tertiary/aromatic N) is 1. The zero-order valence-corrected chi connectivity index (χ0v) is 11.9. The van der Waals surface area contributed by atoms with Crippen LogP contribution in [0.5, 0.6) is 0 Å². The molecule has 1 N–H and O–H groups in total. The van der Waals surface area contributed by atoms with Crippen LogP contribution in [0.3, 0.4) is 0 Å². The van der Waals surface area contributed by atoms with Gasteiger partial charge in [-0.3, -0.25) is 4.57 Å². The first-order chi connectivity index (χ1) is 8.94. The standard InChI is InChI=1S/C12H18F3NO2Si/c1-3-16(4-2)19(18-10-17,12(13,14)15)11-8-6-5-7-9-11/h5-9,17H,3-4,10H2,1-2H3. The Morgan fingerprint density at radius 1 is 1.16 bits per heavy atom. The van der Waals surface area contributed by atoms with Crippen molar-refractivity contribution in [1.82, 2.24) is 4.57 Å². The smallest absolute Gasteiger partial charge is 0.372 e. The van der Waals surface area contributed by atoms with Crippen molar-refractivity contribution in [3.8, 4) is 0 Å². The molecule has 0 bridgehead atoms. The van der Waals surface area contributed by atoms with E-state index in [9.17, 15) is 13.2 Å². The quantitative estimate of drug-likeness (QED) is 0.641. The summed E-state index contributed by atoms with van der Waals surface area (Å²) in [6.07, 6.45) is 0. The molecule has 19 heavy (non-hydrogen) atoms. The molecule has 0 heterocycles. The van der Waals surface area contributed by atoms with Crippen LogP contribution in [0.1, 0.15) is 13.8 Å². The van der Waals surface area contributed by atoms with Gasteiger partial charge in [-0.15, -0.1) is 0 Å². The molecule has 0 saturated heterocycles. The maximum atomic E-state index is 13.7. The van der Waals surface area contributed by atoms with E-state index in [0.29, 0.717) is 0 Å². The third-order valence-corrected chi connectivity index (χ3v) is 6.99. The molecule has 108 valence electrons. The van der Waals surface area contributed by atoms with Gasteiger partial charge in [0, 0.05) is 0 Å². The van der Waals surface area contributed by atoms with Crippen molar-refractivity contribution in [2.24, 2.45) is 0 Å². The number of aliphatic hydroxyl groups excluding tert-OH is 1. The van der Waals surface area contributed by atoms with Crippen LogP contribution >= 0.6 is 0 Å². The second-order valence-electron chi connectivity index (χ2n) is 3.95. The molecule has 1 unspecified atom stereocenters. The van der Waals surface area contributed by atoms with E-state index < -0.39 is 21.1 Å². The molecule has 1 atom stereocenters. The highest BCUT2D eigenvalue weighted by Crippen LogP contribution is 2.32. The average Bonchev–Trinajstić information content (AvgIpc) is 2.38. The van der Waals surface area contributed by atoms with Gasteiger partial charge in [0.2, 0.25) is 0 Å². The summed E-state index contributed by atoms with van der Waals surface area (Å²) in [6.45, 7) is 2.77. The van der Waals surface area contributed by atoms with E-state index >= 15 is 0 Å². The van der Waals surface area contributed by atoms with Gasteiger partial charge in [-0.25, -0.2) is 0 Å². The zero-order chi connectivity index (χ0) is 14.5. The minimum atomic E-state index is -4.52. The fourth-order valence-corrected chi connectivity index (χ4v) is 5.49. The molecule has 0 amide bonds. The van der Waals surface area contributed by atoms with E-state index in [1.54, 1.807) is 32.0 Å². The number of benzene rings is 1. The number of hydrogen-bond donors (Lipinski definition) is 1. The first-order valence-electron chi connectivity index (χ1n) is 6.06. The second kappa shape index (κ2) is 6.51. The van der Waals surface area contributed by atoms with E-state index in [-0.39, 0.29) is 18.3 Å². The van der Waals surface area contributed by atoms with Crippen LogP contribution in [0.2, 0.25) is 0 Å². The van der Waals surface area contributed by atoms with Crippen molar-refractivity contribution in [2.45, 2.75) is 19.6 Å². The summed E-state index contributed by atoms with van der Waals surface area (Å²) in [4.78, 5) is 0. The van der Waals surface area contributed by atoms with Crippen LogP contribution in [0.4, 0.5) is 13.2 Å². The fourth-order valence-electron chi connectivity index (χ4n) is 2.21. The van der Waals surface area contributed by atoms with Gasteiger partial charge in [0.15, 0.2) is 0 Å². The Bertz CT molecular complexity index is 384. The first-order valence-corrected chi connectivity index (χ1v) is 7.91. The Hall–Kier alpha value is -0.893. The lowest BCUT2D eigenvalue weighted by Gasteiger charge is -2.40. The summed E-state index contributed by atoms with van der Waals surface area (Å²) in [5.74, 6) is -4.52. The molecule has 0 aliphatic carbocycles. The van der Waals surface area contributed by atoms with Crippen molar-refractivity contribution in [3.05, 3.63) is 30.3 Å². The third-order valence-electron chi connectivity index (χ3n) is 3.03. The molecule has 7 heteroatoms. The van der Waals surface area contributed by atoms with E-state index in [1.165, 1.54) is 16.7 Å². The van der Waals surface area contributed by atoms with Gasteiger partial charge in [0.05, 0.1) is 0 Å². The third kappa shape index (κ3) is 2.99. The van der Waals surface area contributed by atoms with Crippen molar-refractivity contribution in [1.29, 1.82) is 0 Å².